The fourth-order valence-electron chi connectivity index (χ4n) is 1.91. The summed E-state index contributed by atoms with van der Waals surface area (Å²) in [6.07, 6.45) is 3.31. The lowest BCUT2D eigenvalue weighted by Crippen LogP contribution is -2.36. The van der Waals surface area contributed by atoms with Gasteiger partial charge >= 0.3 is 0 Å². The summed E-state index contributed by atoms with van der Waals surface area (Å²) in [7, 11) is 0. The standard InChI is InChI=1S/C16H20ClFN2O/c1-16(2,3)20-8-4-5-15-19-10-14(21-15)11-6-7-12(17)13(18)9-11/h6-7,9-10,20H,4-5,8H2,1-3H3. The van der Waals surface area contributed by atoms with Crippen LogP contribution in [0.1, 0.15) is 33.1 Å². The second-order valence-electron chi connectivity index (χ2n) is 6.03. The molecule has 114 valence electrons. The summed E-state index contributed by atoms with van der Waals surface area (Å²) in [6.45, 7) is 7.29. The van der Waals surface area contributed by atoms with Crippen molar-refractivity contribution in [3.8, 4) is 11.3 Å². The molecule has 0 bridgehead atoms. The predicted octanol–water partition coefficient (Wildman–Crippen LogP) is 4.45. The third-order valence-corrected chi connectivity index (χ3v) is 3.29. The van der Waals surface area contributed by atoms with Crippen LogP contribution in [0.15, 0.2) is 28.8 Å². The van der Waals surface area contributed by atoms with Crippen molar-refractivity contribution in [3.63, 3.8) is 0 Å². The Kier molecular flexibility index (Phi) is 5.01. The van der Waals surface area contributed by atoms with Crippen molar-refractivity contribution in [1.29, 1.82) is 0 Å². The van der Waals surface area contributed by atoms with Gasteiger partial charge in [0, 0.05) is 17.5 Å². The minimum atomic E-state index is -0.457. The maximum Gasteiger partial charge on any atom is 0.194 e. The Hall–Kier alpha value is -1.39. The van der Waals surface area contributed by atoms with Crippen LogP contribution in [-0.2, 0) is 6.42 Å². The number of hydrogen-bond donors (Lipinski definition) is 1. The van der Waals surface area contributed by atoms with E-state index in [0.717, 1.165) is 19.4 Å². The highest BCUT2D eigenvalue weighted by molar-refractivity contribution is 6.30. The molecule has 1 aromatic carbocycles. The molecule has 2 rings (SSSR count). The van der Waals surface area contributed by atoms with E-state index in [4.69, 9.17) is 16.0 Å². The Morgan fingerprint density at radius 3 is 2.76 bits per heavy atom. The average Bonchev–Trinajstić information content (AvgIpc) is 2.86. The van der Waals surface area contributed by atoms with Crippen molar-refractivity contribution in [2.75, 3.05) is 6.54 Å². The van der Waals surface area contributed by atoms with Crippen LogP contribution in [-0.4, -0.2) is 17.1 Å². The van der Waals surface area contributed by atoms with Gasteiger partial charge in [0.15, 0.2) is 11.7 Å². The summed E-state index contributed by atoms with van der Waals surface area (Å²) in [6, 6.07) is 4.59. The molecule has 2 aromatic rings. The van der Waals surface area contributed by atoms with Gasteiger partial charge in [-0.25, -0.2) is 9.37 Å². The van der Waals surface area contributed by atoms with Crippen molar-refractivity contribution in [1.82, 2.24) is 10.3 Å². The largest absolute Gasteiger partial charge is 0.441 e. The van der Waals surface area contributed by atoms with E-state index in [1.165, 1.54) is 12.1 Å². The van der Waals surface area contributed by atoms with Crippen LogP contribution in [0.5, 0.6) is 0 Å². The molecule has 0 aliphatic heterocycles. The molecule has 0 spiro atoms. The van der Waals surface area contributed by atoms with Crippen LogP contribution in [0, 0.1) is 5.82 Å². The number of halogens is 2. The van der Waals surface area contributed by atoms with Gasteiger partial charge in [0.05, 0.1) is 11.2 Å². The van der Waals surface area contributed by atoms with Gasteiger partial charge in [-0.2, -0.15) is 0 Å². The zero-order chi connectivity index (χ0) is 15.5. The molecule has 0 saturated carbocycles. The molecule has 0 atom stereocenters. The van der Waals surface area contributed by atoms with Crippen LogP contribution in [0.25, 0.3) is 11.3 Å². The Bertz CT molecular complexity index is 605. The van der Waals surface area contributed by atoms with Crippen LogP contribution in [0.4, 0.5) is 4.39 Å². The highest BCUT2D eigenvalue weighted by Gasteiger charge is 2.10. The molecule has 0 unspecified atom stereocenters. The molecule has 1 N–H and O–H groups in total. The van der Waals surface area contributed by atoms with E-state index in [2.05, 4.69) is 31.1 Å². The lowest BCUT2D eigenvalue weighted by molar-refractivity contribution is 0.412. The maximum atomic E-state index is 13.4. The lowest BCUT2D eigenvalue weighted by Gasteiger charge is -2.19. The van der Waals surface area contributed by atoms with E-state index in [1.807, 2.05) is 0 Å². The first-order valence-corrected chi connectivity index (χ1v) is 7.38. The predicted molar refractivity (Wildman–Crippen MR) is 83.0 cm³/mol. The number of oxazole rings is 1. The fourth-order valence-corrected chi connectivity index (χ4v) is 2.03. The Balaban J connectivity index is 1.93. The molecule has 0 saturated heterocycles. The highest BCUT2D eigenvalue weighted by Crippen LogP contribution is 2.25. The van der Waals surface area contributed by atoms with Gasteiger partial charge in [0.1, 0.15) is 5.82 Å². The van der Waals surface area contributed by atoms with E-state index >= 15 is 0 Å². The minimum Gasteiger partial charge on any atom is -0.441 e. The topological polar surface area (TPSA) is 38.1 Å². The summed E-state index contributed by atoms with van der Waals surface area (Å²) < 4.78 is 19.1. The van der Waals surface area contributed by atoms with E-state index in [0.29, 0.717) is 17.2 Å². The summed E-state index contributed by atoms with van der Waals surface area (Å²) in [5.74, 6) is 0.766. The second-order valence-corrected chi connectivity index (χ2v) is 6.43. The van der Waals surface area contributed by atoms with Crippen LogP contribution in [0.2, 0.25) is 5.02 Å². The van der Waals surface area contributed by atoms with Crippen LogP contribution in [0.3, 0.4) is 0 Å². The number of nitrogens with zero attached hydrogens (tertiary/aromatic N) is 1. The van der Waals surface area contributed by atoms with E-state index < -0.39 is 5.82 Å². The number of hydrogen-bond acceptors (Lipinski definition) is 3. The molecule has 0 fully saturated rings. The number of nitrogens with one attached hydrogen (secondary N) is 1. The Labute approximate surface area is 129 Å². The van der Waals surface area contributed by atoms with Gasteiger partial charge in [0.25, 0.3) is 0 Å². The summed E-state index contributed by atoms with van der Waals surface area (Å²) in [4.78, 5) is 4.23. The van der Waals surface area contributed by atoms with Crippen LogP contribution >= 0.6 is 11.6 Å². The first-order valence-electron chi connectivity index (χ1n) is 7.00. The van der Waals surface area contributed by atoms with Crippen molar-refractivity contribution in [2.45, 2.75) is 39.2 Å². The fraction of sp³-hybridized carbons (Fsp3) is 0.438. The molecule has 0 aliphatic rings. The monoisotopic (exact) mass is 310 g/mol. The molecule has 0 amide bonds. The molecule has 0 aliphatic carbocycles. The third-order valence-electron chi connectivity index (χ3n) is 2.98. The Morgan fingerprint density at radius 2 is 2.10 bits per heavy atom. The van der Waals surface area contributed by atoms with E-state index in [1.54, 1.807) is 12.3 Å². The van der Waals surface area contributed by atoms with Gasteiger partial charge in [0.2, 0.25) is 0 Å². The number of benzene rings is 1. The molecule has 0 radical (unpaired) electrons. The van der Waals surface area contributed by atoms with Gasteiger partial charge in [-0.05, 0) is 51.9 Å². The molecular weight excluding hydrogens is 291 g/mol. The van der Waals surface area contributed by atoms with E-state index in [9.17, 15) is 4.39 Å². The molecular formula is C16H20ClFN2O. The van der Waals surface area contributed by atoms with Gasteiger partial charge in [-0.1, -0.05) is 11.6 Å². The molecule has 1 heterocycles. The summed E-state index contributed by atoms with van der Waals surface area (Å²) in [5.41, 5.74) is 0.756. The molecule has 1 aromatic heterocycles. The zero-order valence-corrected chi connectivity index (χ0v) is 13.3. The Morgan fingerprint density at radius 1 is 1.33 bits per heavy atom. The molecule has 21 heavy (non-hydrogen) atoms. The number of aryl methyl sites for hydroxylation is 1. The van der Waals surface area contributed by atoms with Crippen molar-refractivity contribution >= 4 is 11.6 Å². The quantitative estimate of drug-likeness (QED) is 0.829. The zero-order valence-electron chi connectivity index (χ0n) is 12.5. The minimum absolute atomic E-state index is 0.103. The van der Waals surface area contributed by atoms with Gasteiger partial charge in [-0.15, -0.1) is 0 Å². The summed E-state index contributed by atoms with van der Waals surface area (Å²) >= 11 is 5.67. The second kappa shape index (κ2) is 6.58. The molecule has 3 nitrogen and oxygen atoms in total. The smallest absolute Gasteiger partial charge is 0.194 e. The van der Waals surface area contributed by atoms with Crippen molar-refractivity contribution < 1.29 is 8.81 Å². The maximum absolute atomic E-state index is 13.4. The van der Waals surface area contributed by atoms with Gasteiger partial charge < -0.3 is 9.73 Å². The lowest BCUT2D eigenvalue weighted by atomic mass is 10.1. The summed E-state index contributed by atoms with van der Waals surface area (Å²) in [5, 5.41) is 3.51. The SMILES string of the molecule is CC(C)(C)NCCCc1ncc(-c2ccc(Cl)c(F)c2)o1. The van der Waals surface area contributed by atoms with Gasteiger partial charge in [-0.3, -0.25) is 0 Å². The van der Waals surface area contributed by atoms with Crippen LogP contribution < -0.4 is 5.32 Å². The average molecular weight is 311 g/mol. The van der Waals surface area contributed by atoms with E-state index in [-0.39, 0.29) is 10.6 Å². The number of rotatable bonds is 5. The van der Waals surface area contributed by atoms with Crippen molar-refractivity contribution in [3.05, 3.63) is 41.1 Å². The number of aromatic nitrogens is 1. The molecule has 5 heteroatoms. The van der Waals surface area contributed by atoms with Crippen molar-refractivity contribution in [2.24, 2.45) is 0 Å². The normalized spacial score (nSPS) is 11.9. The first kappa shape index (κ1) is 16.0. The first-order chi connectivity index (χ1) is 9.85. The third kappa shape index (κ3) is 4.83. The highest BCUT2D eigenvalue weighted by atomic mass is 35.5.